The summed E-state index contributed by atoms with van der Waals surface area (Å²) < 4.78 is 25.1. The minimum absolute atomic E-state index is 0.719. The van der Waals surface area contributed by atoms with Crippen LogP contribution in [0.1, 0.15) is 19.4 Å². The van der Waals surface area contributed by atoms with Crippen LogP contribution < -0.4 is 0 Å². The molecule has 0 spiro atoms. The summed E-state index contributed by atoms with van der Waals surface area (Å²) in [6.07, 6.45) is 1.85. The van der Waals surface area contributed by atoms with Crippen LogP contribution in [0.4, 0.5) is 8.78 Å². The monoisotopic (exact) mass is 168 g/mol. The Morgan fingerprint density at radius 3 is 2.42 bits per heavy atom. The Morgan fingerprint density at radius 2 is 1.92 bits per heavy atom. The minimum Gasteiger partial charge on any atom is -0.204 e. The van der Waals surface area contributed by atoms with Gasteiger partial charge in [0, 0.05) is 0 Å². The van der Waals surface area contributed by atoms with Crippen molar-refractivity contribution in [3.05, 3.63) is 41.5 Å². The lowest BCUT2D eigenvalue weighted by atomic mass is 10.1. The first-order chi connectivity index (χ1) is 5.65. The van der Waals surface area contributed by atoms with Crippen LogP contribution in [0, 0.1) is 11.6 Å². The van der Waals surface area contributed by atoms with Crippen molar-refractivity contribution in [2.24, 2.45) is 0 Å². The Kier molecular flexibility index (Phi) is 2.58. The molecule has 0 fully saturated rings. The molecule has 0 atom stereocenters. The molecule has 12 heavy (non-hydrogen) atoms. The van der Waals surface area contributed by atoms with Crippen molar-refractivity contribution in [3.63, 3.8) is 0 Å². The third-order valence-corrected chi connectivity index (χ3v) is 1.81. The third kappa shape index (κ3) is 1.70. The van der Waals surface area contributed by atoms with Crippen LogP contribution >= 0.6 is 0 Å². The zero-order valence-electron chi connectivity index (χ0n) is 7.07. The van der Waals surface area contributed by atoms with Gasteiger partial charge in [-0.3, -0.25) is 0 Å². The van der Waals surface area contributed by atoms with Crippen LogP contribution in [0.3, 0.4) is 0 Å². The van der Waals surface area contributed by atoms with E-state index in [4.69, 9.17) is 0 Å². The summed E-state index contributed by atoms with van der Waals surface area (Å²) in [5.74, 6) is -1.60. The molecule has 0 unspecified atom stereocenters. The second kappa shape index (κ2) is 3.48. The van der Waals surface area contributed by atoms with E-state index < -0.39 is 11.6 Å². The molecule has 1 aromatic rings. The lowest BCUT2D eigenvalue weighted by molar-refractivity contribution is 0.508. The van der Waals surface area contributed by atoms with Gasteiger partial charge >= 0.3 is 0 Å². The maximum atomic E-state index is 12.7. The van der Waals surface area contributed by atoms with E-state index in [-0.39, 0.29) is 0 Å². The fourth-order valence-electron chi connectivity index (χ4n) is 0.908. The number of benzene rings is 1. The zero-order chi connectivity index (χ0) is 9.14. The van der Waals surface area contributed by atoms with Gasteiger partial charge in [-0.15, -0.1) is 0 Å². The van der Waals surface area contributed by atoms with Gasteiger partial charge in [-0.25, -0.2) is 8.78 Å². The van der Waals surface area contributed by atoms with Crippen molar-refractivity contribution >= 4 is 5.57 Å². The molecule has 0 aliphatic heterocycles. The van der Waals surface area contributed by atoms with Crippen LogP contribution in [0.5, 0.6) is 0 Å². The average Bonchev–Trinajstić information content (AvgIpc) is 2.08. The van der Waals surface area contributed by atoms with E-state index in [1.54, 1.807) is 6.07 Å². The molecular weight excluding hydrogens is 158 g/mol. The summed E-state index contributed by atoms with van der Waals surface area (Å²) in [7, 11) is 0. The molecule has 0 nitrogen and oxygen atoms in total. The van der Waals surface area contributed by atoms with Crippen molar-refractivity contribution < 1.29 is 8.78 Å². The van der Waals surface area contributed by atoms with Crippen molar-refractivity contribution in [3.8, 4) is 0 Å². The molecule has 2 heteroatoms. The van der Waals surface area contributed by atoms with Gasteiger partial charge in [0.25, 0.3) is 0 Å². The Balaban J connectivity index is 3.13. The number of halogens is 2. The third-order valence-electron chi connectivity index (χ3n) is 1.81. The smallest absolute Gasteiger partial charge is 0.159 e. The Hall–Kier alpha value is -1.18. The van der Waals surface area contributed by atoms with Gasteiger partial charge in [-0.1, -0.05) is 12.1 Å². The molecule has 64 valence electrons. The van der Waals surface area contributed by atoms with Crippen LogP contribution in [-0.4, -0.2) is 0 Å². The quantitative estimate of drug-likeness (QED) is 0.603. The van der Waals surface area contributed by atoms with Crippen molar-refractivity contribution in [2.75, 3.05) is 0 Å². The zero-order valence-corrected chi connectivity index (χ0v) is 7.07. The van der Waals surface area contributed by atoms with E-state index in [1.807, 2.05) is 19.9 Å². The van der Waals surface area contributed by atoms with E-state index in [1.165, 1.54) is 6.07 Å². The highest BCUT2D eigenvalue weighted by atomic mass is 19.2. The molecule has 0 saturated heterocycles. The molecule has 1 rings (SSSR count). The second-order valence-electron chi connectivity index (χ2n) is 2.60. The van der Waals surface area contributed by atoms with Gasteiger partial charge in [0.2, 0.25) is 0 Å². The van der Waals surface area contributed by atoms with Gasteiger partial charge < -0.3 is 0 Å². The van der Waals surface area contributed by atoms with Gasteiger partial charge in [0.15, 0.2) is 11.6 Å². The largest absolute Gasteiger partial charge is 0.204 e. The standard InChI is InChI=1S/C10H10F2/c1-3-7(2)8-4-5-9(11)10(12)6-8/h3-6H,1-2H3. The molecule has 0 heterocycles. The van der Waals surface area contributed by atoms with Crippen LogP contribution in [-0.2, 0) is 0 Å². The predicted octanol–water partition coefficient (Wildman–Crippen LogP) is 3.39. The van der Waals surface area contributed by atoms with Gasteiger partial charge in [0.1, 0.15) is 0 Å². The summed E-state index contributed by atoms with van der Waals surface area (Å²) in [5, 5.41) is 0. The first-order valence-electron chi connectivity index (χ1n) is 3.73. The SMILES string of the molecule is CC=C(C)c1ccc(F)c(F)c1. The first-order valence-corrected chi connectivity index (χ1v) is 3.73. The summed E-state index contributed by atoms with van der Waals surface area (Å²) in [6.45, 7) is 3.71. The molecule has 0 amide bonds. The average molecular weight is 168 g/mol. The van der Waals surface area contributed by atoms with Crippen LogP contribution in [0.2, 0.25) is 0 Å². The highest BCUT2D eigenvalue weighted by Gasteiger charge is 2.02. The maximum absolute atomic E-state index is 12.7. The lowest BCUT2D eigenvalue weighted by Crippen LogP contribution is -1.86. The summed E-state index contributed by atoms with van der Waals surface area (Å²) in [5.41, 5.74) is 1.66. The predicted molar refractivity (Wildman–Crippen MR) is 45.7 cm³/mol. The fourth-order valence-corrected chi connectivity index (χ4v) is 0.908. The van der Waals surface area contributed by atoms with Gasteiger partial charge in [-0.05, 0) is 37.1 Å². The molecular formula is C10H10F2. The topological polar surface area (TPSA) is 0 Å². The molecule has 0 radical (unpaired) electrons. The highest BCUT2D eigenvalue weighted by Crippen LogP contribution is 2.16. The van der Waals surface area contributed by atoms with Crippen LogP contribution in [0.15, 0.2) is 24.3 Å². The molecule has 1 aromatic carbocycles. The normalized spacial score (nSPS) is 11.8. The Bertz CT molecular complexity index is 314. The van der Waals surface area contributed by atoms with E-state index in [0.717, 1.165) is 17.2 Å². The van der Waals surface area contributed by atoms with Crippen molar-refractivity contribution in [1.29, 1.82) is 0 Å². The molecule has 0 aromatic heterocycles. The Labute approximate surface area is 70.5 Å². The molecule has 0 N–H and O–H groups in total. The van der Waals surface area contributed by atoms with E-state index in [2.05, 4.69) is 0 Å². The van der Waals surface area contributed by atoms with Crippen molar-refractivity contribution in [2.45, 2.75) is 13.8 Å². The molecule has 0 aliphatic carbocycles. The molecule has 0 aliphatic rings. The number of hydrogen-bond acceptors (Lipinski definition) is 0. The summed E-state index contributed by atoms with van der Waals surface area (Å²) >= 11 is 0. The van der Waals surface area contributed by atoms with Crippen LogP contribution in [0.25, 0.3) is 5.57 Å². The van der Waals surface area contributed by atoms with Gasteiger partial charge in [-0.2, -0.15) is 0 Å². The fraction of sp³-hybridized carbons (Fsp3) is 0.200. The van der Waals surface area contributed by atoms with E-state index >= 15 is 0 Å². The van der Waals surface area contributed by atoms with Crippen molar-refractivity contribution in [1.82, 2.24) is 0 Å². The Morgan fingerprint density at radius 1 is 1.25 bits per heavy atom. The van der Waals surface area contributed by atoms with E-state index in [0.29, 0.717) is 0 Å². The van der Waals surface area contributed by atoms with E-state index in [9.17, 15) is 8.78 Å². The minimum atomic E-state index is -0.803. The highest BCUT2D eigenvalue weighted by molar-refractivity contribution is 5.63. The number of hydrogen-bond donors (Lipinski definition) is 0. The number of allylic oxidation sites excluding steroid dienone is 2. The first kappa shape index (κ1) is 8.91. The summed E-state index contributed by atoms with van der Waals surface area (Å²) in [6, 6.07) is 3.90. The summed E-state index contributed by atoms with van der Waals surface area (Å²) in [4.78, 5) is 0. The second-order valence-corrected chi connectivity index (χ2v) is 2.60. The lowest BCUT2D eigenvalue weighted by Gasteiger charge is -2.00. The molecule has 0 saturated carbocycles. The van der Waals surface area contributed by atoms with Gasteiger partial charge in [0.05, 0.1) is 0 Å². The number of rotatable bonds is 1. The molecule has 0 bridgehead atoms. The maximum Gasteiger partial charge on any atom is 0.159 e.